The van der Waals surface area contributed by atoms with Gasteiger partial charge in [0.15, 0.2) is 11.5 Å². The Balaban J connectivity index is 2.19. The highest BCUT2D eigenvalue weighted by Gasteiger charge is 2.35. The Labute approximate surface area is 184 Å². The number of urea groups is 1. The fourth-order valence-corrected chi connectivity index (χ4v) is 3.47. The lowest BCUT2D eigenvalue weighted by atomic mass is 9.92. The number of amides is 2. The molecule has 1 aliphatic rings. The molecule has 9 heteroatoms. The van der Waals surface area contributed by atoms with Crippen molar-refractivity contribution in [1.82, 2.24) is 10.6 Å². The summed E-state index contributed by atoms with van der Waals surface area (Å²) in [6.07, 6.45) is 0. The van der Waals surface area contributed by atoms with Gasteiger partial charge in [-0.05, 0) is 61.4 Å². The largest absolute Gasteiger partial charge is 0.503 e. The van der Waals surface area contributed by atoms with Crippen molar-refractivity contribution in [3.63, 3.8) is 0 Å². The van der Waals surface area contributed by atoms with Gasteiger partial charge in [-0.25, -0.2) is 9.59 Å². The molecule has 0 bridgehead atoms. The van der Waals surface area contributed by atoms with Gasteiger partial charge in [-0.2, -0.15) is 0 Å². The minimum atomic E-state index is -0.887. The van der Waals surface area contributed by atoms with E-state index in [0.717, 1.165) is 0 Å². The molecule has 3 N–H and O–H groups in total. The summed E-state index contributed by atoms with van der Waals surface area (Å²) in [7, 11) is 1.55. The van der Waals surface area contributed by atoms with E-state index in [1.165, 1.54) is 12.1 Å². The third-order valence-corrected chi connectivity index (χ3v) is 4.92. The van der Waals surface area contributed by atoms with E-state index in [2.05, 4.69) is 10.6 Å². The van der Waals surface area contributed by atoms with E-state index < -0.39 is 18.0 Å². The van der Waals surface area contributed by atoms with Crippen LogP contribution in [0, 0.1) is 0 Å². The number of aromatic hydroxyl groups is 1. The molecule has 1 aliphatic heterocycles. The number of carbonyl (C=O) groups is 2. The van der Waals surface area contributed by atoms with Crippen LogP contribution in [0.3, 0.4) is 0 Å². The molecule has 8 nitrogen and oxygen atoms in total. The number of ether oxygens (including phenoxy) is 3. The number of methoxy groups -OCH3 is 1. The van der Waals surface area contributed by atoms with Crippen LogP contribution in [-0.4, -0.2) is 37.4 Å². The molecule has 3 rings (SSSR count). The number of esters is 1. The predicted molar refractivity (Wildman–Crippen MR) is 115 cm³/mol. The van der Waals surface area contributed by atoms with E-state index in [1.54, 1.807) is 45.2 Å². The Morgan fingerprint density at radius 3 is 2.48 bits per heavy atom. The Morgan fingerprint density at radius 1 is 1.16 bits per heavy atom. The Morgan fingerprint density at radius 2 is 1.87 bits per heavy atom. The Kier molecular flexibility index (Phi) is 6.91. The van der Waals surface area contributed by atoms with E-state index >= 15 is 0 Å². The van der Waals surface area contributed by atoms with Crippen molar-refractivity contribution < 1.29 is 28.9 Å². The van der Waals surface area contributed by atoms with E-state index in [1.807, 2.05) is 0 Å². The van der Waals surface area contributed by atoms with Gasteiger partial charge in [0.2, 0.25) is 0 Å². The van der Waals surface area contributed by atoms with Crippen molar-refractivity contribution in [3.05, 3.63) is 58.1 Å². The van der Waals surface area contributed by atoms with E-state index in [4.69, 9.17) is 25.8 Å². The van der Waals surface area contributed by atoms with Gasteiger partial charge in [0.05, 0.1) is 42.7 Å². The molecule has 1 heterocycles. The molecule has 0 spiro atoms. The number of rotatable bonds is 7. The first-order valence-corrected chi connectivity index (χ1v) is 10.1. The fraction of sp³-hybridized carbons (Fsp3) is 0.273. The molecule has 31 heavy (non-hydrogen) atoms. The molecule has 2 aromatic carbocycles. The first kappa shape index (κ1) is 22.3. The molecule has 1 atom stereocenters. The van der Waals surface area contributed by atoms with Gasteiger partial charge in [-0.15, -0.1) is 0 Å². The molecule has 0 aliphatic carbocycles. The highest BCUT2D eigenvalue weighted by Crippen LogP contribution is 2.40. The van der Waals surface area contributed by atoms with Crippen molar-refractivity contribution >= 4 is 29.3 Å². The molecule has 164 valence electrons. The summed E-state index contributed by atoms with van der Waals surface area (Å²) in [6.45, 7) is 3.90. The number of nitrogens with one attached hydrogen (secondary N) is 2. The normalized spacial score (nSPS) is 15.7. The SMILES string of the molecule is CCOC(=O)C1=C(c2ccc(OC)cc2)NC(=O)NC1c1cc(Cl)c(O)c(OCC)c1. The van der Waals surface area contributed by atoms with Crippen LogP contribution >= 0.6 is 11.6 Å². The number of carbonyl (C=O) groups excluding carboxylic acids is 2. The van der Waals surface area contributed by atoms with E-state index in [9.17, 15) is 14.7 Å². The van der Waals surface area contributed by atoms with Crippen LogP contribution in [0.4, 0.5) is 4.79 Å². The first-order chi connectivity index (χ1) is 14.9. The van der Waals surface area contributed by atoms with Gasteiger partial charge in [0, 0.05) is 0 Å². The summed E-state index contributed by atoms with van der Waals surface area (Å²) in [4.78, 5) is 25.4. The lowest BCUT2D eigenvalue weighted by Crippen LogP contribution is -2.45. The topological polar surface area (TPSA) is 106 Å². The summed E-state index contributed by atoms with van der Waals surface area (Å²) >= 11 is 6.18. The molecule has 0 saturated heterocycles. The summed E-state index contributed by atoms with van der Waals surface area (Å²) in [5.74, 6) is -0.0462. The zero-order valence-corrected chi connectivity index (χ0v) is 18.1. The second kappa shape index (κ2) is 9.61. The minimum Gasteiger partial charge on any atom is -0.503 e. The summed E-state index contributed by atoms with van der Waals surface area (Å²) in [6, 6.07) is 8.51. The Bertz CT molecular complexity index is 1020. The molecular weight excluding hydrogens is 424 g/mol. The van der Waals surface area contributed by atoms with Gasteiger partial charge < -0.3 is 30.0 Å². The second-order valence-electron chi connectivity index (χ2n) is 6.55. The maximum absolute atomic E-state index is 12.9. The number of phenolic OH excluding ortho intramolecular Hbond substituents is 1. The monoisotopic (exact) mass is 446 g/mol. The molecular formula is C22H23ClN2O6. The van der Waals surface area contributed by atoms with Gasteiger partial charge in [0.1, 0.15) is 5.75 Å². The highest BCUT2D eigenvalue weighted by atomic mass is 35.5. The summed E-state index contributed by atoms with van der Waals surface area (Å²) in [5, 5.41) is 15.6. The van der Waals surface area contributed by atoms with Crippen LogP contribution < -0.4 is 20.1 Å². The average molecular weight is 447 g/mol. The van der Waals surface area contributed by atoms with Crippen molar-refractivity contribution in [3.8, 4) is 17.2 Å². The van der Waals surface area contributed by atoms with Crippen LogP contribution in [0.1, 0.15) is 31.0 Å². The lowest BCUT2D eigenvalue weighted by Gasteiger charge is -2.30. The van der Waals surface area contributed by atoms with E-state index in [-0.39, 0.29) is 28.7 Å². The second-order valence-corrected chi connectivity index (χ2v) is 6.96. The van der Waals surface area contributed by atoms with Crippen molar-refractivity contribution in [1.29, 1.82) is 0 Å². The highest BCUT2D eigenvalue weighted by molar-refractivity contribution is 6.32. The Hall–Kier alpha value is -3.39. The van der Waals surface area contributed by atoms with Crippen molar-refractivity contribution in [2.45, 2.75) is 19.9 Å². The zero-order valence-electron chi connectivity index (χ0n) is 17.3. The number of hydrogen-bond acceptors (Lipinski definition) is 6. The number of hydrogen-bond donors (Lipinski definition) is 3. The molecule has 0 saturated carbocycles. The molecule has 2 aromatic rings. The first-order valence-electron chi connectivity index (χ1n) is 9.68. The maximum atomic E-state index is 12.9. The fourth-order valence-electron chi connectivity index (χ4n) is 3.25. The summed E-state index contributed by atoms with van der Waals surface area (Å²) < 4.78 is 15.9. The quantitative estimate of drug-likeness (QED) is 0.559. The lowest BCUT2D eigenvalue weighted by molar-refractivity contribution is -0.138. The van der Waals surface area contributed by atoms with Gasteiger partial charge in [0.25, 0.3) is 0 Å². The van der Waals surface area contributed by atoms with Gasteiger partial charge >= 0.3 is 12.0 Å². The molecule has 0 aromatic heterocycles. The smallest absolute Gasteiger partial charge is 0.338 e. The van der Waals surface area contributed by atoms with Crippen LogP contribution in [-0.2, 0) is 9.53 Å². The van der Waals surface area contributed by atoms with E-state index in [0.29, 0.717) is 29.2 Å². The third-order valence-electron chi connectivity index (χ3n) is 4.63. The molecule has 1 unspecified atom stereocenters. The van der Waals surface area contributed by atoms with Crippen LogP contribution in [0.15, 0.2) is 42.0 Å². The number of benzene rings is 2. The average Bonchev–Trinajstić information content (AvgIpc) is 2.76. The molecule has 2 amide bonds. The third kappa shape index (κ3) is 4.69. The van der Waals surface area contributed by atoms with Crippen molar-refractivity contribution in [2.75, 3.05) is 20.3 Å². The van der Waals surface area contributed by atoms with Crippen molar-refractivity contribution in [2.24, 2.45) is 0 Å². The predicted octanol–water partition coefficient (Wildman–Crippen LogP) is 3.78. The van der Waals surface area contributed by atoms with Gasteiger partial charge in [-0.1, -0.05) is 11.6 Å². The molecule has 0 fully saturated rings. The number of phenols is 1. The van der Waals surface area contributed by atoms with Crippen LogP contribution in [0.5, 0.6) is 17.2 Å². The standard InChI is InChI=1S/C22H23ClN2O6/c1-4-30-16-11-13(10-15(23)20(16)26)19-17(21(27)31-5-2)18(24-22(28)25-19)12-6-8-14(29-3)9-7-12/h6-11,19,26H,4-5H2,1-3H3,(H2,24,25,28). The zero-order chi connectivity index (χ0) is 22.5. The van der Waals surface area contributed by atoms with Crippen LogP contribution in [0.25, 0.3) is 5.70 Å². The summed E-state index contributed by atoms with van der Waals surface area (Å²) in [5.41, 5.74) is 1.54. The number of halogens is 1. The van der Waals surface area contributed by atoms with Gasteiger partial charge in [-0.3, -0.25) is 0 Å². The molecule has 0 radical (unpaired) electrons. The van der Waals surface area contributed by atoms with Crippen LogP contribution in [0.2, 0.25) is 5.02 Å². The minimum absolute atomic E-state index is 0.0305. The maximum Gasteiger partial charge on any atom is 0.338 e.